The zero-order valence-corrected chi connectivity index (χ0v) is 8.61. The molecular formula is C11H18N2O. The molecule has 1 unspecified atom stereocenters. The van der Waals surface area contributed by atoms with Crippen LogP contribution in [0, 0.1) is 0 Å². The molecule has 0 aliphatic carbocycles. The van der Waals surface area contributed by atoms with E-state index in [0.717, 1.165) is 18.5 Å². The predicted octanol–water partition coefficient (Wildman–Crippen LogP) is 1.50. The van der Waals surface area contributed by atoms with Crippen molar-refractivity contribution in [2.24, 2.45) is 0 Å². The average molecular weight is 194 g/mol. The van der Waals surface area contributed by atoms with Gasteiger partial charge in [0.25, 0.3) is 0 Å². The Bertz CT molecular complexity index is 238. The lowest BCUT2D eigenvalue weighted by Gasteiger charge is -2.16. The number of aliphatic hydroxyl groups excluding tert-OH is 1. The highest BCUT2D eigenvalue weighted by Gasteiger charge is 2.09. The lowest BCUT2D eigenvalue weighted by atomic mass is 10.1. The van der Waals surface area contributed by atoms with Crippen LogP contribution in [0.3, 0.4) is 0 Å². The molecule has 0 aromatic carbocycles. The minimum absolute atomic E-state index is 0.174. The first-order chi connectivity index (χ1) is 6.88. The number of pyridine rings is 1. The van der Waals surface area contributed by atoms with Crippen LogP contribution in [-0.4, -0.2) is 23.2 Å². The first-order valence-corrected chi connectivity index (χ1v) is 5.13. The Kier molecular flexibility index (Phi) is 5.19. The van der Waals surface area contributed by atoms with Crippen molar-refractivity contribution in [1.82, 2.24) is 10.3 Å². The van der Waals surface area contributed by atoms with Crippen molar-refractivity contribution in [2.75, 3.05) is 13.2 Å². The number of rotatable bonds is 6. The molecule has 1 atom stereocenters. The van der Waals surface area contributed by atoms with Gasteiger partial charge >= 0.3 is 0 Å². The van der Waals surface area contributed by atoms with Crippen LogP contribution in [0.5, 0.6) is 0 Å². The molecule has 3 nitrogen and oxygen atoms in total. The SMILES string of the molecule is CCCC(NCCO)c1ccccn1. The molecule has 0 amide bonds. The van der Waals surface area contributed by atoms with Gasteiger partial charge in [-0.3, -0.25) is 4.98 Å². The largest absolute Gasteiger partial charge is 0.395 e. The smallest absolute Gasteiger partial charge is 0.0573 e. The van der Waals surface area contributed by atoms with E-state index in [1.165, 1.54) is 0 Å². The van der Waals surface area contributed by atoms with Crippen molar-refractivity contribution in [3.63, 3.8) is 0 Å². The van der Waals surface area contributed by atoms with Crippen molar-refractivity contribution in [3.05, 3.63) is 30.1 Å². The van der Waals surface area contributed by atoms with E-state index in [4.69, 9.17) is 5.11 Å². The summed E-state index contributed by atoms with van der Waals surface area (Å²) in [6, 6.07) is 6.20. The molecule has 2 N–H and O–H groups in total. The Hall–Kier alpha value is -0.930. The molecule has 0 saturated carbocycles. The molecule has 78 valence electrons. The van der Waals surface area contributed by atoms with Gasteiger partial charge in [-0.25, -0.2) is 0 Å². The number of aromatic nitrogens is 1. The Morgan fingerprint density at radius 2 is 2.36 bits per heavy atom. The summed E-state index contributed by atoms with van der Waals surface area (Å²) in [5, 5.41) is 12.0. The van der Waals surface area contributed by atoms with Crippen LogP contribution in [0.2, 0.25) is 0 Å². The average Bonchev–Trinajstić information content (AvgIpc) is 2.25. The van der Waals surface area contributed by atoms with Crippen LogP contribution in [0.1, 0.15) is 31.5 Å². The van der Waals surface area contributed by atoms with Crippen LogP contribution in [0.4, 0.5) is 0 Å². The van der Waals surface area contributed by atoms with Crippen molar-refractivity contribution in [1.29, 1.82) is 0 Å². The molecule has 0 spiro atoms. The van der Waals surface area contributed by atoms with Crippen LogP contribution >= 0.6 is 0 Å². The minimum Gasteiger partial charge on any atom is -0.395 e. The number of nitrogens with one attached hydrogen (secondary N) is 1. The predicted molar refractivity (Wildman–Crippen MR) is 57.0 cm³/mol. The second kappa shape index (κ2) is 6.51. The molecule has 14 heavy (non-hydrogen) atoms. The third kappa shape index (κ3) is 3.44. The van der Waals surface area contributed by atoms with Crippen molar-refractivity contribution >= 4 is 0 Å². The van der Waals surface area contributed by atoms with Crippen molar-refractivity contribution in [2.45, 2.75) is 25.8 Å². The topological polar surface area (TPSA) is 45.1 Å². The summed E-state index contributed by atoms with van der Waals surface area (Å²) >= 11 is 0. The summed E-state index contributed by atoms with van der Waals surface area (Å²) < 4.78 is 0. The van der Waals surface area contributed by atoms with Gasteiger partial charge < -0.3 is 10.4 Å². The molecule has 1 heterocycles. The number of nitrogens with zero attached hydrogens (tertiary/aromatic N) is 1. The van der Waals surface area contributed by atoms with Crippen molar-refractivity contribution < 1.29 is 5.11 Å². The summed E-state index contributed by atoms with van der Waals surface area (Å²) in [5.74, 6) is 0. The van der Waals surface area contributed by atoms with E-state index in [1.807, 2.05) is 18.2 Å². The van der Waals surface area contributed by atoms with Crippen LogP contribution in [0.25, 0.3) is 0 Å². The lowest BCUT2D eigenvalue weighted by molar-refractivity contribution is 0.281. The molecule has 0 radical (unpaired) electrons. The van der Waals surface area contributed by atoms with Crippen LogP contribution < -0.4 is 5.32 Å². The van der Waals surface area contributed by atoms with Crippen molar-refractivity contribution in [3.8, 4) is 0 Å². The minimum atomic E-state index is 0.174. The molecule has 0 aliphatic heterocycles. The van der Waals surface area contributed by atoms with Gasteiger partial charge in [-0.1, -0.05) is 19.4 Å². The van der Waals surface area contributed by atoms with Gasteiger partial charge in [0.05, 0.1) is 12.3 Å². The van der Waals surface area contributed by atoms with Gasteiger partial charge in [0.15, 0.2) is 0 Å². The van der Waals surface area contributed by atoms with E-state index < -0.39 is 0 Å². The zero-order chi connectivity index (χ0) is 10.2. The van der Waals surface area contributed by atoms with Gasteiger partial charge in [-0.05, 0) is 18.6 Å². The normalized spacial score (nSPS) is 12.7. The Balaban J connectivity index is 2.58. The number of aliphatic hydroxyl groups is 1. The fourth-order valence-electron chi connectivity index (χ4n) is 1.46. The summed E-state index contributed by atoms with van der Waals surface area (Å²) in [6.45, 7) is 2.95. The Labute approximate surface area is 85.2 Å². The highest BCUT2D eigenvalue weighted by Crippen LogP contribution is 2.14. The zero-order valence-electron chi connectivity index (χ0n) is 8.61. The standard InChI is InChI=1S/C11H18N2O/c1-2-5-10(13-8-9-14)11-6-3-4-7-12-11/h3-4,6-7,10,13-14H,2,5,8-9H2,1H3. The maximum absolute atomic E-state index is 8.75. The fraction of sp³-hybridized carbons (Fsp3) is 0.545. The van der Waals surface area contributed by atoms with Crippen LogP contribution in [0.15, 0.2) is 24.4 Å². The van der Waals surface area contributed by atoms with Crippen LogP contribution in [-0.2, 0) is 0 Å². The van der Waals surface area contributed by atoms with E-state index >= 15 is 0 Å². The van der Waals surface area contributed by atoms with Gasteiger partial charge in [0.1, 0.15) is 0 Å². The van der Waals surface area contributed by atoms with E-state index in [2.05, 4.69) is 17.2 Å². The maximum atomic E-state index is 8.75. The highest BCUT2D eigenvalue weighted by molar-refractivity contribution is 5.08. The second-order valence-corrected chi connectivity index (χ2v) is 3.27. The Morgan fingerprint density at radius 3 is 2.93 bits per heavy atom. The monoisotopic (exact) mass is 194 g/mol. The van der Waals surface area contributed by atoms with E-state index in [0.29, 0.717) is 6.54 Å². The molecule has 1 aromatic rings. The molecule has 1 rings (SSSR count). The number of hydrogen-bond donors (Lipinski definition) is 2. The van der Waals surface area contributed by atoms with E-state index in [1.54, 1.807) is 6.20 Å². The second-order valence-electron chi connectivity index (χ2n) is 3.27. The van der Waals surface area contributed by atoms with Gasteiger partial charge in [-0.2, -0.15) is 0 Å². The van der Waals surface area contributed by atoms with E-state index in [-0.39, 0.29) is 12.6 Å². The summed E-state index contributed by atoms with van der Waals surface area (Å²) in [6.07, 6.45) is 3.97. The molecule has 0 fully saturated rings. The van der Waals surface area contributed by atoms with Gasteiger partial charge in [0, 0.05) is 18.8 Å². The van der Waals surface area contributed by atoms with Gasteiger partial charge in [0.2, 0.25) is 0 Å². The summed E-state index contributed by atoms with van der Waals surface area (Å²) in [7, 11) is 0. The summed E-state index contributed by atoms with van der Waals surface area (Å²) in [5.41, 5.74) is 1.06. The van der Waals surface area contributed by atoms with E-state index in [9.17, 15) is 0 Å². The molecule has 0 saturated heterocycles. The fourth-order valence-corrected chi connectivity index (χ4v) is 1.46. The van der Waals surface area contributed by atoms with Gasteiger partial charge in [-0.15, -0.1) is 0 Å². The first kappa shape index (κ1) is 11.1. The summed E-state index contributed by atoms with van der Waals surface area (Å²) in [4.78, 5) is 4.31. The molecule has 0 bridgehead atoms. The third-order valence-electron chi connectivity index (χ3n) is 2.12. The first-order valence-electron chi connectivity index (χ1n) is 5.13. The molecule has 0 aliphatic rings. The molecule has 1 aromatic heterocycles. The number of hydrogen-bond acceptors (Lipinski definition) is 3. The quantitative estimate of drug-likeness (QED) is 0.721. The third-order valence-corrected chi connectivity index (χ3v) is 2.12. The Morgan fingerprint density at radius 1 is 1.50 bits per heavy atom. The molecular weight excluding hydrogens is 176 g/mol. The molecule has 3 heteroatoms. The lowest BCUT2D eigenvalue weighted by Crippen LogP contribution is -2.25. The highest BCUT2D eigenvalue weighted by atomic mass is 16.3. The maximum Gasteiger partial charge on any atom is 0.0573 e.